The zero-order valence-electron chi connectivity index (χ0n) is 11.5. The van der Waals surface area contributed by atoms with Crippen molar-refractivity contribution in [2.75, 3.05) is 11.9 Å². The predicted octanol–water partition coefficient (Wildman–Crippen LogP) is 2.72. The Morgan fingerprint density at radius 3 is 2.85 bits per heavy atom. The SMILES string of the molecule is CC[C@@](C)(O)CNc1ccc([N+](=O)[O-])c2cccnc12. The minimum absolute atomic E-state index is 0.0286. The Kier molecular flexibility index (Phi) is 3.85. The number of aliphatic hydroxyl groups is 1. The molecule has 0 radical (unpaired) electrons. The fourth-order valence-electron chi connectivity index (χ4n) is 1.87. The number of hydrogen-bond acceptors (Lipinski definition) is 5. The van der Waals surface area contributed by atoms with Crippen LogP contribution in [0.3, 0.4) is 0 Å². The van der Waals surface area contributed by atoms with Crippen LogP contribution >= 0.6 is 0 Å². The first kappa shape index (κ1) is 14.2. The van der Waals surface area contributed by atoms with Crippen LogP contribution in [0, 0.1) is 10.1 Å². The van der Waals surface area contributed by atoms with Crippen molar-refractivity contribution in [2.24, 2.45) is 0 Å². The fourth-order valence-corrected chi connectivity index (χ4v) is 1.87. The smallest absolute Gasteiger partial charge is 0.278 e. The average Bonchev–Trinajstić information content (AvgIpc) is 2.44. The first-order valence-corrected chi connectivity index (χ1v) is 6.43. The highest BCUT2D eigenvalue weighted by atomic mass is 16.6. The molecule has 0 fully saturated rings. The van der Waals surface area contributed by atoms with Gasteiger partial charge in [0.1, 0.15) is 5.52 Å². The van der Waals surface area contributed by atoms with E-state index in [2.05, 4.69) is 10.3 Å². The van der Waals surface area contributed by atoms with Crippen LogP contribution in [0.2, 0.25) is 0 Å². The van der Waals surface area contributed by atoms with Crippen molar-refractivity contribution in [1.82, 2.24) is 4.98 Å². The molecule has 6 heteroatoms. The minimum atomic E-state index is -0.830. The molecule has 0 spiro atoms. The third-order valence-electron chi connectivity index (χ3n) is 3.36. The highest BCUT2D eigenvalue weighted by Gasteiger charge is 2.19. The van der Waals surface area contributed by atoms with Crippen LogP contribution in [-0.2, 0) is 0 Å². The third-order valence-corrected chi connectivity index (χ3v) is 3.36. The quantitative estimate of drug-likeness (QED) is 0.647. The van der Waals surface area contributed by atoms with E-state index < -0.39 is 10.5 Å². The van der Waals surface area contributed by atoms with Crippen molar-refractivity contribution in [1.29, 1.82) is 0 Å². The maximum Gasteiger partial charge on any atom is 0.278 e. The van der Waals surface area contributed by atoms with Gasteiger partial charge >= 0.3 is 0 Å². The lowest BCUT2D eigenvalue weighted by Gasteiger charge is -2.22. The lowest BCUT2D eigenvalue weighted by atomic mass is 10.0. The highest BCUT2D eigenvalue weighted by molar-refractivity contribution is 5.96. The molecule has 1 heterocycles. The number of hydrogen-bond donors (Lipinski definition) is 2. The summed E-state index contributed by atoms with van der Waals surface area (Å²) < 4.78 is 0. The van der Waals surface area contributed by atoms with Crippen molar-refractivity contribution in [3.05, 3.63) is 40.6 Å². The first-order valence-electron chi connectivity index (χ1n) is 6.43. The summed E-state index contributed by atoms with van der Waals surface area (Å²) in [6.45, 7) is 3.99. The van der Waals surface area contributed by atoms with Crippen molar-refractivity contribution in [3.63, 3.8) is 0 Å². The number of nitro benzene ring substituents is 1. The molecule has 0 saturated carbocycles. The molecule has 2 N–H and O–H groups in total. The van der Waals surface area contributed by atoms with Crippen molar-refractivity contribution in [3.8, 4) is 0 Å². The van der Waals surface area contributed by atoms with Crippen LogP contribution < -0.4 is 5.32 Å². The van der Waals surface area contributed by atoms with Gasteiger partial charge in [0.15, 0.2) is 0 Å². The van der Waals surface area contributed by atoms with Gasteiger partial charge in [-0.3, -0.25) is 15.1 Å². The molecule has 0 aliphatic carbocycles. The number of aromatic nitrogens is 1. The van der Waals surface area contributed by atoms with Crippen molar-refractivity contribution < 1.29 is 10.0 Å². The number of nitrogens with one attached hydrogen (secondary N) is 1. The minimum Gasteiger partial charge on any atom is -0.388 e. The second-order valence-corrected chi connectivity index (χ2v) is 4.99. The van der Waals surface area contributed by atoms with Gasteiger partial charge in [0.05, 0.1) is 21.6 Å². The van der Waals surface area contributed by atoms with Gasteiger partial charge in [-0.05, 0) is 31.5 Å². The Balaban J connectivity index is 2.41. The topological polar surface area (TPSA) is 88.3 Å². The van der Waals surface area contributed by atoms with E-state index in [1.165, 1.54) is 6.07 Å². The molecule has 0 amide bonds. The summed E-state index contributed by atoms with van der Waals surface area (Å²) in [5, 5.41) is 24.6. The number of benzene rings is 1. The maximum absolute atomic E-state index is 11.0. The molecular formula is C14H17N3O3. The van der Waals surface area contributed by atoms with Gasteiger partial charge in [-0.1, -0.05) is 6.92 Å². The van der Waals surface area contributed by atoms with Gasteiger partial charge in [0, 0.05) is 18.8 Å². The van der Waals surface area contributed by atoms with E-state index >= 15 is 0 Å². The third kappa shape index (κ3) is 2.85. The Labute approximate surface area is 116 Å². The van der Waals surface area contributed by atoms with Crippen LogP contribution in [0.5, 0.6) is 0 Å². The number of nitro groups is 1. The van der Waals surface area contributed by atoms with Crippen molar-refractivity contribution in [2.45, 2.75) is 25.9 Å². The lowest BCUT2D eigenvalue weighted by molar-refractivity contribution is -0.383. The Bertz CT molecular complexity index is 641. The molecule has 0 unspecified atom stereocenters. The monoisotopic (exact) mass is 275 g/mol. The van der Waals surface area contributed by atoms with E-state index in [0.29, 0.717) is 29.6 Å². The molecule has 2 aromatic rings. The van der Waals surface area contributed by atoms with Crippen molar-refractivity contribution >= 4 is 22.3 Å². The van der Waals surface area contributed by atoms with E-state index in [1.54, 1.807) is 31.3 Å². The lowest BCUT2D eigenvalue weighted by Crippen LogP contribution is -2.32. The highest BCUT2D eigenvalue weighted by Crippen LogP contribution is 2.30. The van der Waals surface area contributed by atoms with E-state index in [9.17, 15) is 15.2 Å². The van der Waals surface area contributed by atoms with Gasteiger partial charge in [-0.25, -0.2) is 0 Å². The predicted molar refractivity (Wildman–Crippen MR) is 77.8 cm³/mol. The van der Waals surface area contributed by atoms with Gasteiger partial charge < -0.3 is 10.4 Å². The molecule has 6 nitrogen and oxygen atoms in total. The summed E-state index contributed by atoms with van der Waals surface area (Å²) in [5.41, 5.74) is 0.414. The number of pyridine rings is 1. The largest absolute Gasteiger partial charge is 0.388 e. The average molecular weight is 275 g/mol. The number of fused-ring (bicyclic) bond motifs is 1. The van der Waals surface area contributed by atoms with Crippen LogP contribution in [0.25, 0.3) is 10.9 Å². The van der Waals surface area contributed by atoms with E-state index in [1.807, 2.05) is 6.92 Å². The standard InChI is InChI=1S/C14H17N3O3/c1-3-14(2,18)9-16-11-6-7-12(17(19)20)10-5-4-8-15-13(10)11/h4-8,16,18H,3,9H2,1-2H3/t14-/m1/s1. The summed E-state index contributed by atoms with van der Waals surface area (Å²) >= 11 is 0. The zero-order chi connectivity index (χ0) is 14.8. The Morgan fingerprint density at radius 1 is 1.45 bits per heavy atom. The van der Waals surface area contributed by atoms with Gasteiger partial charge in [-0.2, -0.15) is 0 Å². The summed E-state index contributed by atoms with van der Waals surface area (Å²) in [5.74, 6) is 0. The van der Waals surface area contributed by atoms with Gasteiger partial charge in [-0.15, -0.1) is 0 Å². The number of nitrogens with zero attached hydrogens (tertiary/aromatic N) is 2. The molecule has 1 aromatic heterocycles. The Morgan fingerprint density at radius 2 is 2.20 bits per heavy atom. The van der Waals surface area contributed by atoms with Crippen LogP contribution in [-0.4, -0.2) is 27.2 Å². The second-order valence-electron chi connectivity index (χ2n) is 4.99. The number of non-ortho nitro benzene ring substituents is 1. The van der Waals surface area contributed by atoms with Crippen LogP contribution in [0.1, 0.15) is 20.3 Å². The number of anilines is 1. The van der Waals surface area contributed by atoms with E-state index in [0.717, 1.165) is 0 Å². The first-order chi connectivity index (χ1) is 9.44. The molecule has 0 aliphatic rings. The molecule has 0 saturated heterocycles. The second kappa shape index (κ2) is 5.42. The summed E-state index contributed by atoms with van der Waals surface area (Å²) in [4.78, 5) is 14.8. The summed E-state index contributed by atoms with van der Waals surface area (Å²) in [7, 11) is 0. The maximum atomic E-state index is 11.0. The summed E-state index contributed by atoms with van der Waals surface area (Å²) in [6.07, 6.45) is 2.20. The molecule has 1 aromatic carbocycles. The molecule has 20 heavy (non-hydrogen) atoms. The molecular weight excluding hydrogens is 258 g/mol. The normalized spacial score (nSPS) is 13.9. The molecule has 2 rings (SSSR count). The Hall–Kier alpha value is -2.21. The molecule has 106 valence electrons. The fraction of sp³-hybridized carbons (Fsp3) is 0.357. The summed E-state index contributed by atoms with van der Waals surface area (Å²) in [6, 6.07) is 6.41. The zero-order valence-corrected chi connectivity index (χ0v) is 11.5. The van der Waals surface area contributed by atoms with Crippen LogP contribution in [0.15, 0.2) is 30.5 Å². The number of rotatable bonds is 5. The van der Waals surface area contributed by atoms with E-state index in [-0.39, 0.29) is 5.69 Å². The molecule has 1 atom stereocenters. The molecule has 0 aliphatic heterocycles. The van der Waals surface area contributed by atoms with Gasteiger partial charge in [0.2, 0.25) is 0 Å². The van der Waals surface area contributed by atoms with Gasteiger partial charge in [0.25, 0.3) is 5.69 Å². The van der Waals surface area contributed by atoms with Crippen LogP contribution in [0.4, 0.5) is 11.4 Å². The molecule has 0 bridgehead atoms. The van der Waals surface area contributed by atoms with E-state index in [4.69, 9.17) is 0 Å².